The van der Waals surface area contributed by atoms with Crippen LogP contribution in [0.1, 0.15) is 42.1 Å². The van der Waals surface area contributed by atoms with Crippen molar-refractivity contribution < 1.29 is 9.42 Å². The number of carbonyl (C=O) groups excluding carboxylic acids is 1. The van der Waals surface area contributed by atoms with Gasteiger partial charge in [-0.3, -0.25) is 4.79 Å². The van der Waals surface area contributed by atoms with Crippen LogP contribution < -0.4 is 15.5 Å². The Hall–Kier alpha value is -3.66. The molecule has 1 aliphatic heterocycles. The topological polar surface area (TPSA) is 109 Å². The molecule has 1 fully saturated rings. The number of nitrogens with one attached hydrogen (secondary N) is 2. The van der Waals surface area contributed by atoms with Crippen LogP contribution in [0, 0.1) is 6.92 Å². The monoisotopic (exact) mass is 503 g/mol. The second-order valence-electron chi connectivity index (χ2n) is 8.88. The van der Waals surface area contributed by atoms with Crippen LogP contribution in [-0.4, -0.2) is 51.1 Å². The lowest BCUT2D eigenvalue weighted by Crippen LogP contribution is -2.36. The minimum Gasteiger partial charge on any atom is -0.353 e. The fourth-order valence-electron chi connectivity index (χ4n) is 4.11. The van der Waals surface area contributed by atoms with Crippen LogP contribution in [0.5, 0.6) is 0 Å². The molecule has 0 unspecified atom stereocenters. The van der Waals surface area contributed by atoms with Gasteiger partial charge >= 0.3 is 0 Å². The highest BCUT2D eigenvalue weighted by molar-refractivity contribution is 8.00. The normalized spacial score (nSPS) is 14.2. The summed E-state index contributed by atoms with van der Waals surface area (Å²) in [5.41, 5.74) is 3.43. The average molecular weight is 504 g/mol. The van der Waals surface area contributed by atoms with E-state index in [9.17, 15) is 4.79 Å². The minimum atomic E-state index is -0.0784. The Bertz CT molecular complexity index is 1320. The number of benzene rings is 2. The van der Waals surface area contributed by atoms with Gasteiger partial charge in [0.25, 0.3) is 5.91 Å². The highest BCUT2D eigenvalue weighted by Crippen LogP contribution is 2.34. The first-order valence-corrected chi connectivity index (χ1v) is 13.1. The maximum Gasteiger partial charge on any atom is 0.251 e. The van der Waals surface area contributed by atoms with Crippen LogP contribution in [0.2, 0.25) is 0 Å². The number of hydrogen-bond donors (Lipinski definition) is 2. The van der Waals surface area contributed by atoms with Crippen LogP contribution in [0.25, 0.3) is 11.3 Å². The van der Waals surface area contributed by atoms with Gasteiger partial charge < -0.3 is 15.5 Å². The standard InChI is InChI=1S/C26H29N7O2S/c1-3-14-27-26(34)18-6-8-19(9-7-18)28-24-25(30-23-22(29-24)31-35-32-23)33-15-12-21(13-16-33)36-20-10-4-17(2)5-11-20/h4-11,21H,3,12-16H2,1-2H3,(H,27,34)(H,28,29,31). The molecule has 10 heteroatoms. The Labute approximate surface area is 214 Å². The van der Waals surface area contributed by atoms with Crippen molar-refractivity contribution in [1.82, 2.24) is 25.6 Å². The van der Waals surface area contributed by atoms with Crippen molar-refractivity contribution in [2.75, 3.05) is 29.9 Å². The first-order valence-electron chi connectivity index (χ1n) is 12.2. The molecule has 0 bridgehead atoms. The van der Waals surface area contributed by atoms with E-state index >= 15 is 0 Å². The summed E-state index contributed by atoms with van der Waals surface area (Å²) in [6, 6.07) is 16.0. The SMILES string of the molecule is CCCNC(=O)c1ccc(Nc2nc3nonc3nc2N2CCC(Sc3ccc(C)cc3)CC2)cc1. The third-order valence-electron chi connectivity index (χ3n) is 6.11. The van der Waals surface area contributed by atoms with E-state index in [2.05, 4.69) is 62.0 Å². The molecule has 0 aliphatic carbocycles. The molecule has 4 aromatic rings. The molecule has 1 aliphatic rings. The smallest absolute Gasteiger partial charge is 0.251 e. The summed E-state index contributed by atoms with van der Waals surface area (Å²) in [5.74, 6) is 1.23. The summed E-state index contributed by atoms with van der Waals surface area (Å²) >= 11 is 1.94. The molecule has 0 spiro atoms. The third-order valence-corrected chi connectivity index (χ3v) is 7.46. The molecule has 3 heterocycles. The summed E-state index contributed by atoms with van der Waals surface area (Å²) in [6.07, 6.45) is 2.97. The van der Waals surface area contributed by atoms with E-state index in [1.165, 1.54) is 10.5 Å². The lowest BCUT2D eigenvalue weighted by atomic mass is 10.1. The van der Waals surface area contributed by atoms with Gasteiger partial charge in [-0.1, -0.05) is 24.6 Å². The van der Waals surface area contributed by atoms with Gasteiger partial charge in [0.05, 0.1) is 0 Å². The number of nitrogens with zero attached hydrogens (tertiary/aromatic N) is 5. The van der Waals surface area contributed by atoms with Crippen LogP contribution in [0.4, 0.5) is 17.3 Å². The molecule has 0 atom stereocenters. The molecule has 1 amide bonds. The van der Waals surface area contributed by atoms with E-state index in [1.807, 2.05) is 30.8 Å². The van der Waals surface area contributed by atoms with E-state index in [0.29, 0.717) is 34.5 Å². The van der Waals surface area contributed by atoms with Crippen molar-refractivity contribution in [1.29, 1.82) is 0 Å². The number of thioether (sulfide) groups is 1. The molecule has 1 saturated heterocycles. The Balaban J connectivity index is 1.30. The predicted molar refractivity (Wildman–Crippen MR) is 142 cm³/mol. The van der Waals surface area contributed by atoms with Gasteiger partial charge in [0.1, 0.15) is 0 Å². The fraction of sp³-hybridized carbons (Fsp3) is 0.346. The van der Waals surface area contributed by atoms with Crippen LogP contribution in [-0.2, 0) is 0 Å². The zero-order valence-electron chi connectivity index (χ0n) is 20.4. The average Bonchev–Trinajstić information content (AvgIpc) is 3.36. The predicted octanol–water partition coefficient (Wildman–Crippen LogP) is 4.97. The van der Waals surface area contributed by atoms with Crippen LogP contribution in [0.15, 0.2) is 58.1 Å². The third kappa shape index (κ3) is 5.59. The van der Waals surface area contributed by atoms with E-state index in [0.717, 1.165) is 43.9 Å². The fourth-order valence-corrected chi connectivity index (χ4v) is 5.24. The molecule has 9 nitrogen and oxygen atoms in total. The molecule has 186 valence electrons. The zero-order valence-corrected chi connectivity index (χ0v) is 21.2. The Morgan fingerprint density at radius 2 is 1.72 bits per heavy atom. The number of fused-ring (bicyclic) bond motifs is 1. The van der Waals surface area contributed by atoms with Crippen molar-refractivity contribution >= 4 is 46.3 Å². The number of aromatic nitrogens is 4. The molecule has 2 aromatic heterocycles. The van der Waals surface area contributed by atoms with Gasteiger partial charge in [0.2, 0.25) is 11.3 Å². The second-order valence-corrected chi connectivity index (χ2v) is 10.3. The van der Waals surface area contributed by atoms with Gasteiger partial charge in [0, 0.05) is 41.0 Å². The van der Waals surface area contributed by atoms with E-state index in [1.54, 1.807) is 12.1 Å². The molecule has 36 heavy (non-hydrogen) atoms. The maximum atomic E-state index is 12.2. The molecule has 0 saturated carbocycles. The Kier molecular flexibility index (Phi) is 7.31. The number of piperidine rings is 1. The van der Waals surface area contributed by atoms with Gasteiger partial charge in [-0.05, 0) is 72.9 Å². The summed E-state index contributed by atoms with van der Waals surface area (Å²) in [5, 5.41) is 14.6. The van der Waals surface area contributed by atoms with Crippen LogP contribution in [0.3, 0.4) is 0 Å². The molecule has 2 N–H and O–H groups in total. The Morgan fingerprint density at radius 3 is 2.42 bits per heavy atom. The number of amides is 1. The highest BCUT2D eigenvalue weighted by Gasteiger charge is 2.25. The van der Waals surface area contributed by atoms with Gasteiger partial charge in [-0.2, -0.15) is 0 Å². The largest absolute Gasteiger partial charge is 0.353 e. The number of rotatable bonds is 8. The number of anilines is 3. The second kappa shape index (κ2) is 10.9. The lowest BCUT2D eigenvalue weighted by Gasteiger charge is -2.33. The van der Waals surface area contributed by atoms with E-state index in [-0.39, 0.29) is 5.91 Å². The van der Waals surface area contributed by atoms with Gasteiger partial charge in [0.15, 0.2) is 11.6 Å². The van der Waals surface area contributed by atoms with Crippen molar-refractivity contribution in [2.24, 2.45) is 0 Å². The maximum absolute atomic E-state index is 12.2. The first kappa shape index (κ1) is 24.1. The summed E-state index contributed by atoms with van der Waals surface area (Å²) < 4.78 is 4.86. The van der Waals surface area contributed by atoms with Gasteiger partial charge in [-0.25, -0.2) is 14.6 Å². The van der Waals surface area contributed by atoms with E-state index < -0.39 is 0 Å². The van der Waals surface area contributed by atoms with Crippen molar-refractivity contribution in [3.05, 3.63) is 59.7 Å². The summed E-state index contributed by atoms with van der Waals surface area (Å²) in [4.78, 5) is 25.1. The number of carbonyl (C=O) groups is 1. The van der Waals surface area contributed by atoms with Crippen molar-refractivity contribution in [3.8, 4) is 0 Å². The van der Waals surface area contributed by atoms with E-state index in [4.69, 9.17) is 9.61 Å². The minimum absolute atomic E-state index is 0.0784. The quantitative estimate of drug-likeness (QED) is 0.344. The lowest BCUT2D eigenvalue weighted by molar-refractivity contribution is 0.0953. The first-order chi connectivity index (χ1) is 17.6. The summed E-state index contributed by atoms with van der Waals surface area (Å²) in [7, 11) is 0. The zero-order chi connectivity index (χ0) is 24.9. The van der Waals surface area contributed by atoms with Crippen molar-refractivity contribution in [3.63, 3.8) is 0 Å². The molecular weight excluding hydrogens is 474 g/mol. The van der Waals surface area contributed by atoms with Crippen LogP contribution >= 0.6 is 11.8 Å². The number of hydrogen-bond acceptors (Lipinski definition) is 9. The highest BCUT2D eigenvalue weighted by atomic mass is 32.2. The molecule has 2 aromatic carbocycles. The summed E-state index contributed by atoms with van der Waals surface area (Å²) in [6.45, 7) is 6.52. The molecular formula is C26H29N7O2S. The molecule has 0 radical (unpaired) electrons. The van der Waals surface area contributed by atoms with Crippen molar-refractivity contribution in [2.45, 2.75) is 43.3 Å². The molecule has 5 rings (SSSR count). The number of aryl methyl sites for hydroxylation is 1. The van der Waals surface area contributed by atoms with Gasteiger partial charge in [-0.15, -0.1) is 11.8 Å². The Morgan fingerprint density at radius 1 is 1.03 bits per heavy atom.